The molecule has 0 saturated heterocycles. The number of fused-ring (bicyclic) bond motifs is 2. The van der Waals surface area contributed by atoms with Gasteiger partial charge in [-0.1, -0.05) is 6.92 Å². The summed E-state index contributed by atoms with van der Waals surface area (Å²) < 4.78 is 18.0. The van der Waals surface area contributed by atoms with Crippen LogP contribution in [0, 0.1) is 6.92 Å². The molecule has 6 heteroatoms. The van der Waals surface area contributed by atoms with Crippen molar-refractivity contribution in [2.24, 2.45) is 0 Å². The minimum absolute atomic E-state index is 0.0224. The van der Waals surface area contributed by atoms with Crippen molar-refractivity contribution in [1.82, 2.24) is 0 Å². The maximum absolute atomic E-state index is 12.7. The van der Waals surface area contributed by atoms with Crippen LogP contribution in [0.5, 0.6) is 0 Å². The molecular weight excluding hydrogens is 316 g/mol. The van der Waals surface area contributed by atoms with Crippen molar-refractivity contribution in [2.75, 3.05) is 5.75 Å². The van der Waals surface area contributed by atoms with Crippen LogP contribution in [0.4, 0.5) is 0 Å². The Hall–Kier alpha value is -2.47. The highest BCUT2D eigenvalue weighted by atomic mass is 32.2. The van der Waals surface area contributed by atoms with Gasteiger partial charge in [-0.05, 0) is 42.8 Å². The van der Waals surface area contributed by atoms with Gasteiger partial charge in [0.2, 0.25) is 5.43 Å². The molecule has 23 heavy (non-hydrogen) atoms. The Balaban J connectivity index is 2.47. The fourth-order valence-electron chi connectivity index (χ4n) is 2.52. The van der Waals surface area contributed by atoms with Gasteiger partial charge in [-0.25, -0.2) is 4.79 Å². The highest BCUT2D eigenvalue weighted by Gasteiger charge is 2.16. The second-order valence-corrected chi connectivity index (χ2v) is 6.93. The van der Waals surface area contributed by atoms with E-state index in [4.69, 9.17) is 9.52 Å². The number of hydrogen-bond acceptors (Lipinski definition) is 4. The normalized spacial score (nSPS) is 12.6. The highest BCUT2D eigenvalue weighted by Crippen LogP contribution is 2.26. The van der Waals surface area contributed by atoms with Crippen molar-refractivity contribution in [3.8, 4) is 0 Å². The van der Waals surface area contributed by atoms with Gasteiger partial charge in [0.25, 0.3) is 0 Å². The van der Waals surface area contributed by atoms with E-state index >= 15 is 0 Å². The molecule has 3 rings (SSSR count). The number of aryl methyl sites for hydroxylation is 1. The molecule has 3 aromatic rings. The van der Waals surface area contributed by atoms with E-state index in [9.17, 15) is 13.8 Å². The Bertz CT molecular complexity index is 1030. The minimum Gasteiger partial charge on any atom is -0.478 e. The van der Waals surface area contributed by atoms with Crippen LogP contribution in [0.15, 0.2) is 44.4 Å². The summed E-state index contributed by atoms with van der Waals surface area (Å²) in [6, 6.07) is 7.57. The lowest BCUT2D eigenvalue weighted by atomic mass is 10.1. The van der Waals surface area contributed by atoms with Crippen molar-refractivity contribution in [3.05, 3.63) is 51.7 Å². The van der Waals surface area contributed by atoms with E-state index in [1.807, 2.05) is 6.92 Å². The van der Waals surface area contributed by atoms with Crippen LogP contribution in [-0.4, -0.2) is 21.0 Å². The predicted octanol–water partition coefficient (Wildman–Crippen LogP) is 3.08. The minimum atomic E-state index is -1.26. The predicted molar refractivity (Wildman–Crippen MR) is 88.6 cm³/mol. The lowest BCUT2D eigenvalue weighted by Crippen LogP contribution is -2.07. The molecule has 0 radical (unpaired) electrons. The van der Waals surface area contributed by atoms with Crippen molar-refractivity contribution >= 4 is 38.7 Å². The third kappa shape index (κ3) is 2.55. The van der Waals surface area contributed by atoms with Gasteiger partial charge in [0.1, 0.15) is 5.58 Å². The number of aromatic carboxylic acids is 1. The second kappa shape index (κ2) is 5.62. The maximum Gasteiger partial charge on any atom is 0.335 e. The quantitative estimate of drug-likeness (QED) is 0.746. The maximum atomic E-state index is 12.7. The molecule has 1 N–H and O–H groups in total. The highest BCUT2D eigenvalue weighted by molar-refractivity contribution is 7.85. The number of carbonyl (C=O) groups is 1. The zero-order chi connectivity index (χ0) is 16.7. The molecule has 1 unspecified atom stereocenters. The third-order valence-corrected chi connectivity index (χ3v) is 4.95. The first-order chi connectivity index (χ1) is 10.9. The summed E-state index contributed by atoms with van der Waals surface area (Å²) in [5.74, 6) is -0.693. The Morgan fingerprint density at radius 2 is 1.96 bits per heavy atom. The van der Waals surface area contributed by atoms with Crippen LogP contribution in [0.2, 0.25) is 0 Å². The van der Waals surface area contributed by atoms with E-state index in [-0.39, 0.29) is 22.0 Å². The Morgan fingerprint density at radius 3 is 2.61 bits per heavy atom. The van der Waals surface area contributed by atoms with Crippen LogP contribution in [0.25, 0.3) is 21.9 Å². The lowest BCUT2D eigenvalue weighted by molar-refractivity contribution is 0.0697. The summed E-state index contributed by atoms with van der Waals surface area (Å²) in [5.41, 5.74) is 1.09. The van der Waals surface area contributed by atoms with Gasteiger partial charge >= 0.3 is 5.97 Å². The molecule has 0 fully saturated rings. The first-order valence-corrected chi connectivity index (χ1v) is 8.37. The average Bonchev–Trinajstić information content (AvgIpc) is 2.54. The molecule has 0 spiro atoms. The summed E-state index contributed by atoms with van der Waals surface area (Å²) >= 11 is 0. The zero-order valence-corrected chi connectivity index (χ0v) is 13.4. The van der Waals surface area contributed by atoms with E-state index in [2.05, 4.69) is 0 Å². The molecule has 5 nitrogen and oxygen atoms in total. The third-order valence-electron chi connectivity index (χ3n) is 3.63. The van der Waals surface area contributed by atoms with E-state index in [1.54, 1.807) is 19.1 Å². The zero-order valence-electron chi connectivity index (χ0n) is 12.6. The van der Waals surface area contributed by atoms with Crippen molar-refractivity contribution in [2.45, 2.75) is 18.7 Å². The van der Waals surface area contributed by atoms with E-state index < -0.39 is 16.8 Å². The standard InChI is InChI=1S/C17H14O5S/c1-3-23(21)14-7-9(2)6-12-15(18)11-8-10(17(19)20)4-5-13(11)22-16(12)14/h4-8H,3H2,1-2H3,(H,19,20). The lowest BCUT2D eigenvalue weighted by Gasteiger charge is -2.08. The summed E-state index contributed by atoms with van der Waals surface area (Å²) in [6.45, 7) is 3.61. The smallest absolute Gasteiger partial charge is 0.335 e. The first-order valence-electron chi connectivity index (χ1n) is 7.05. The van der Waals surface area contributed by atoms with Gasteiger partial charge in [-0.15, -0.1) is 0 Å². The summed E-state index contributed by atoms with van der Waals surface area (Å²) in [6.07, 6.45) is 0. The van der Waals surface area contributed by atoms with Crippen LogP contribution in [-0.2, 0) is 10.8 Å². The molecule has 0 aliphatic carbocycles. The number of carboxylic acids is 1. The first kappa shape index (κ1) is 15.4. The molecule has 1 aromatic heterocycles. The largest absolute Gasteiger partial charge is 0.478 e. The summed E-state index contributed by atoms with van der Waals surface area (Å²) in [5, 5.41) is 9.59. The van der Waals surface area contributed by atoms with E-state index in [0.29, 0.717) is 21.6 Å². The van der Waals surface area contributed by atoms with E-state index in [0.717, 1.165) is 5.56 Å². The summed E-state index contributed by atoms with van der Waals surface area (Å²) in [4.78, 5) is 24.3. The topological polar surface area (TPSA) is 84.6 Å². The van der Waals surface area contributed by atoms with Crippen LogP contribution in [0.1, 0.15) is 22.8 Å². The Morgan fingerprint density at radius 1 is 1.22 bits per heavy atom. The molecule has 1 heterocycles. The molecule has 0 bridgehead atoms. The van der Waals surface area contributed by atoms with Gasteiger partial charge in [-0.3, -0.25) is 9.00 Å². The van der Waals surface area contributed by atoms with Gasteiger partial charge in [0.15, 0.2) is 5.58 Å². The molecule has 2 aromatic carbocycles. The number of hydrogen-bond donors (Lipinski definition) is 1. The second-order valence-electron chi connectivity index (χ2n) is 5.22. The summed E-state index contributed by atoms with van der Waals surface area (Å²) in [7, 11) is -1.26. The molecule has 1 atom stereocenters. The molecular formula is C17H14O5S. The number of rotatable bonds is 3. The van der Waals surface area contributed by atoms with Crippen LogP contribution in [0.3, 0.4) is 0 Å². The molecule has 0 saturated carbocycles. The Kier molecular flexibility index (Phi) is 3.77. The molecule has 0 amide bonds. The van der Waals surface area contributed by atoms with Crippen molar-refractivity contribution < 1.29 is 18.5 Å². The average molecular weight is 330 g/mol. The van der Waals surface area contributed by atoms with Crippen LogP contribution < -0.4 is 5.43 Å². The number of benzene rings is 2. The van der Waals surface area contributed by atoms with Gasteiger partial charge in [0.05, 0.1) is 32.0 Å². The van der Waals surface area contributed by atoms with Crippen molar-refractivity contribution in [3.63, 3.8) is 0 Å². The van der Waals surface area contributed by atoms with Gasteiger partial charge < -0.3 is 9.52 Å². The molecule has 0 aliphatic heterocycles. The Labute approximate surface area is 134 Å². The monoisotopic (exact) mass is 330 g/mol. The number of carboxylic acid groups (broad SMARTS) is 1. The fourth-order valence-corrected chi connectivity index (χ4v) is 3.51. The molecule has 118 valence electrons. The molecule has 0 aliphatic rings. The van der Waals surface area contributed by atoms with Gasteiger partial charge in [-0.2, -0.15) is 0 Å². The van der Waals surface area contributed by atoms with Crippen LogP contribution >= 0.6 is 0 Å². The SMILES string of the molecule is CCS(=O)c1cc(C)cc2c(=O)c3cc(C(=O)O)ccc3oc12. The fraction of sp³-hybridized carbons (Fsp3) is 0.176. The van der Waals surface area contributed by atoms with Gasteiger partial charge in [0, 0.05) is 5.75 Å². The van der Waals surface area contributed by atoms with Crippen molar-refractivity contribution in [1.29, 1.82) is 0 Å². The van der Waals surface area contributed by atoms with E-state index in [1.165, 1.54) is 18.2 Å².